The van der Waals surface area contributed by atoms with Crippen LogP contribution in [0.15, 0.2) is 18.2 Å². The van der Waals surface area contributed by atoms with Crippen molar-refractivity contribution < 1.29 is 4.79 Å². The molecule has 2 rings (SSSR count). The van der Waals surface area contributed by atoms with E-state index < -0.39 is 0 Å². The number of hydrogen-bond donors (Lipinski definition) is 2. The third-order valence-electron chi connectivity index (χ3n) is 2.54. The van der Waals surface area contributed by atoms with Crippen LogP contribution in [0.25, 0.3) is 0 Å². The van der Waals surface area contributed by atoms with Gasteiger partial charge in [-0.1, -0.05) is 11.6 Å². The summed E-state index contributed by atoms with van der Waals surface area (Å²) in [5, 5.41) is 6.73. The zero-order chi connectivity index (χ0) is 10.8. The minimum Gasteiger partial charge on any atom is -0.347 e. The summed E-state index contributed by atoms with van der Waals surface area (Å²) >= 11 is 5.89. The zero-order valence-electron chi connectivity index (χ0n) is 8.51. The average Bonchev–Trinajstić information content (AvgIpc) is 2.15. The maximum absolute atomic E-state index is 11.7. The molecule has 3 nitrogen and oxygen atoms in total. The molecule has 2 N–H and O–H groups in total. The second kappa shape index (κ2) is 4.21. The molecule has 1 aromatic rings. The fraction of sp³-hybridized carbons (Fsp3) is 0.364. The van der Waals surface area contributed by atoms with Gasteiger partial charge in [-0.25, -0.2) is 0 Å². The molecule has 0 spiro atoms. The molecule has 15 heavy (non-hydrogen) atoms. The van der Waals surface area contributed by atoms with E-state index in [4.69, 9.17) is 11.6 Å². The first-order chi connectivity index (χ1) is 7.16. The summed E-state index contributed by atoms with van der Waals surface area (Å²) in [7, 11) is 0. The van der Waals surface area contributed by atoms with Gasteiger partial charge in [0, 0.05) is 23.7 Å². The highest BCUT2D eigenvalue weighted by Crippen LogP contribution is 2.16. The highest BCUT2D eigenvalue weighted by molar-refractivity contribution is 6.31. The lowest BCUT2D eigenvalue weighted by molar-refractivity contribution is 0.0924. The second-order valence-corrected chi connectivity index (χ2v) is 4.20. The van der Waals surface area contributed by atoms with E-state index in [9.17, 15) is 4.79 Å². The van der Waals surface area contributed by atoms with Crippen LogP contribution < -0.4 is 10.6 Å². The molecule has 0 bridgehead atoms. The highest BCUT2D eigenvalue weighted by Gasteiger charge is 2.19. The quantitative estimate of drug-likeness (QED) is 0.796. The van der Waals surface area contributed by atoms with Gasteiger partial charge in [-0.3, -0.25) is 4.79 Å². The van der Waals surface area contributed by atoms with E-state index in [1.165, 1.54) is 0 Å². The number of carbonyl (C=O) groups excluding carboxylic acids is 1. The van der Waals surface area contributed by atoms with Gasteiger partial charge in [0.1, 0.15) is 0 Å². The SMILES string of the molecule is Cc1cc(C(=O)NC2CNC2)ccc1Cl. The number of benzene rings is 1. The monoisotopic (exact) mass is 224 g/mol. The van der Waals surface area contributed by atoms with Crippen LogP contribution in [0.3, 0.4) is 0 Å². The average molecular weight is 225 g/mol. The van der Waals surface area contributed by atoms with Crippen molar-refractivity contribution in [3.05, 3.63) is 34.3 Å². The predicted octanol–water partition coefficient (Wildman–Crippen LogP) is 1.35. The van der Waals surface area contributed by atoms with Gasteiger partial charge in [-0.05, 0) is 30.7 Å². The lowest BCUT2D eigenvalue weighted by Crippen LogP contribution is -2.56. The largest absolute Gasteiger partial charge is 0.347 e. The molecular weight excluding hydrogens is 212 g/mol. The van der Waals surface area contributed by atoms with E-state index in [0.717, 1.165) is 18.7 Å². The van der Waals surface area contributed by atoms with Crippen molar-refractivity contribution >= 4 is 17.5 Å². The van der Waals surface area contributed by atoms with Gasteiger partial charge in [0.05, 0.1) is 6.04 Å². The first-order valence-electron chi connectivity index (χ1n) is 4.94. The Bertz CT molecular complexity index is 388. The van der Waals surface area contributed by atoms with Crippen LogP contribution >= 0.6 is 11.6 Å². The second-order valence-electron chi connectivity index (χ2n) is 3.79. The Hall–Kier alpha value is -1.06. The van der Waals surface area contributed by atoms with Gasteiger partial charge in [0.25, 0.3) is 5.91 Å². The van der Waals surface area contributed by atoms with Crippen LogP contribution in [-0.4, -0.2) is 25.0 Å². The molecule has 1 saturated heterocycles. The molecule has 0 aliphatic carbocycles. The number of nitrogens with one attached hydrogen (secondary N) is 2. The van der Waals surface area contributed by atoms with E-state index in [-0.39, 0.29) is 11.9 Å². The normalized spacial score (nSPS) is 15.9. The van der Waals surface area contributed by atoms with Gasteiger partial charge in [-0.15, -0.1) is 0 Å². The van der Waals surface area contributed by atoms with Gasteiger partial charge in [0.2, 0.25) is 0 Å². The maximum Gasteiger partial charge on any atom is 0.251 e. The molecule has 0 unspecified atom stereocenters. The van der Waals surface area contributed by atoms with Gasteiger partial charge >= 0.3 is 0 Å². The van der Waals surface area contributed by atoms with Gasteiger partial charge in [-0.2, -0.15) is 0 Å². The van der Waals surface area contributed by atoms with Crippen LogP contribution in [0.1, 0.15) is 15.9 Å². The van der Waals surface area contributed by atoms with Crippen LogP contribution in [-0.2, 0) is 0 Å². The third kappa shape index (κ3) is 2.30. The van der Waals surface area contributed by atoms with E-state index >= 15 is 0 Å². The Morgan fingerprint density at radius 3 is 2.80 bits per heavy atom. The van der Waals surface area contributed by atoms with Crippen molar-refractivity contribution in [3.63, 3.8) is 0 Å². The Balaban J connectivity index is 2.07. The first kappa shape index (κ1) is 10.5. The summed E-state index contributed by atoms with van der Waals surface area (Å²) < 4.78 is 0. The molecule has 0 radical (unpaired) electrons. The molecule has 0 atom stereocenters. The van der Waals surface area contributed by atoms with Crippen LogP contribution in [0.5, 0.6) is 0 Å². The predicted molar refractivity (Wildman–Crippen MR) is 60.3 cm³/mol. The number of aryl methyl sites for hydroxylation is 1. The number of rotatable bonds is 2. The van der Waals surface area contributed by atoms with E-state index in [0.29, 0.717) is 10.6 Å². The molecule has 1 aliphatic rings. The fourth-order valence-electron chi connectivity index (χ4n) is 1.45. The lowest BCUT2D eigenvalue weighted by atomic mass is 10.1. The maximum atomic E-state index is 11.7. The number of carbonyl (C=O) groups is 1. The molecule has 1 heterocycles. The molecule has 1 amide bonds. The minimum absolute atomic E-state index is 0.0266. The van der Waals surface area contributed by atoms with Crippen LogP contribution in [0.2, 0.25) is 5.02 Å². The van der Waals surface area contributed by atoms with Crippen molar-refractivity contribution in [3.8, 4) is 0 Å². The summed E-state index contributed by atoms with van der Waals surface area (Å²) in [6.45, 7) is 3.61. The standard InChI is InChI=1S/C11H13ClN2O/c1-7-4-8(2-3-10(7)12)11(15)14-9-5-13-6-9/h2-4,9,13H,5-6H2,1H3,(H,14,15). The van der Waals surface area contributed by atoms with Gasteiger partial charge < -0.3 is 10.6 Å². The van der Waals surface area contributed by atoms with Crippen molar-refractivity contribution in [1.29, 1.82) is 0 Å². The summed E-state index contributed by atoms with van der Waals surface area (Å²) in [5.74, 6) is -0.0266. The Kier molecular flexibility index (Phi) is 2.93. The molecule has 80 valence electrons. The van der Waals surface area contributed by atoms with Gasteiger partial charge in [0.15, 0.2) is 0 Å². The zero-order valence-corrected chi connectivity index (χ0v) is 9.27. The first-order valence-corrected chi connectivity index (χ1v) is 5.32. The lowest BCUT2D eigenvalue weighted by Gasteiger charge is -2.27. The smallest absolute Gasteiger partial charge is 0.251 e. The van der Waals surface area contributed by atoms with Crippen LogP contribution in [0.4, 0.5) is 0 Å². The van der Waals surface area contributed by atoms with Crippen LogP contribution in [0, 0.1) is 6.92 Å². The summed E-state index contributed by atoms with van der Waals surface area (Å²) in [6.07, 6.45) is 0. The van der Waals surface area contributed by atoms with E-state index in [1.807, 2.05) is 13.0 Å². The van der Waals surface area contributed by atoms with E-state index in [2.05, 4.69) is 10.6 Å². The Labute approximate surface area is 93.8 Å². The molecular formula is C11H13ClN2O. The number of hydrogen-bond acceptors (Lipinski definition) is 2. The molecule has 0 aromatic heterocycles. The third-order valence-corrected chi connectivity index (χ3v) is 2.96. The summed E-state index contributed by atoms with van der Waals surface area (Å²) in [5.41, 5.74) is 1.60. The van der Waals surface area contributed by atoms with Crippen molar-refractivity contribution in [2.45, 2.75) is 13.0 Å². The van der Waals surface area contributed by atoms with E-state index in [1.54, 1.807) is 12.1 Å². The molecule has 4 heteroatoms. The Morgan fingerprint density at radius 2 is 2.27 bits per heavy atom. The molecule has 1 aliphatic heterocycles. The highest BCUT2D eigenvalue weighted by atomic mass is 35.5. The molecule has 1 aromatic carbocycles. The molecule has 1 fully saturated rings. The summed E-state index contributed by atoms with van der Waals surface area (Å²) in [4.78, 5) is 11.7. The van der Waals surface area contributed by atoms with Crippen molar-refractivity contribution in [2.75, 3.05) is 13.1 Å². The summed E-state index contributed by atoms with van der Waals surface area (Å²) in [6, 6.07) is 5.58. The fourth-order valence-corrected chi connectivity index (χ4v) is 1.56. The van der Waals surface area contributed by atoms with Crippen molar-refractivity contribution in [1.82, 2.24) is 10.6 Å². The topological polar surface area (TPSA) is 41.1 Å². The minimum atomic E-state index is -0.0266. The molecule has 0 saturated carbocycles. The van der Waals surface area contributed by atoms with Crippen molar-refractivity contribution in [2.24, 2.45) is 0 Å². The Morgan fingerprint density at radius 1 is 1.53 bits per heavy atom. The number of amides is 1. The number of halogens is 1.